The highest BCUT2D eigenvalue weighted by Crippen LogP contribution is 2.27. The second kappa shape index (κ2) is 11.2. The molecule has 0 bridgehead atoms. The summed E-state index contributed by atoms with van der Waals surface area (Å²) in [6.07, 6.45) is 7.47. The van der Waals surface area contributed by atoms with Crippen molar-refractivity contribution in [3.63, 3.8) is 0 Å². The number of benzene rings is 1. The standard InChI is InChI=1S/C21H28ClN5.CH3NO2/c1-2-27-11-9-15-7-8-18(13-16(15)10-12-27)25-21-23-14-19(22)20(26-21)24-17-5-3-4-6-17;2-1(3)4/h7-8,13-14,17H,2-6,9-12H2,1H3,(H2,23,24,25,26);2H2,(H,3,4). The predicted molar refractivity (Wildman–Crippen MR) is 124 cm³/mol. The maximum Gasteiger partial charge on any atom is 0.402 e. The van der Waals surface area contributed by atoms with Gasteiger partial charge in [0.15, 0.2) is 5.82 Å². The van der Waals surface area contributed by atoms with Gasteiger partial charge in [0.25, 0.3) is 0 Å². The molecule has 1 aromatic carbocycles. The Morgan fingerprint density at radius 3 is 2.61 bits per heavy atom. The van der Waals surface area contributed by atoms with E-state index in [2.05, 4.69) is 56.4 Å². The first-order valence-electron chi connectivity index (χ1n) is 10.8. The monoisotopic (exact) mass is 446 g/mol. The minimum atomic E-state index is -1.33. The number of nitrogens with one attached hydrogen (secondary N) is 2. The van der Waals surface area contributed by atoms with Gasteiger partial charge in [-0.2, -0.15) is 4.98 Å². The third-order valence-electron chi connectivity index (χ3n) is 5.74. The van der Waals surface area contributed by atoms with Gasteiger partial charge in [-0.1, -0.05) is 37.4 Å². The van der Waals surface area contributed by atoms with E-state index >= 15 is 0 Å². The van der Waals surface area contributed by atoms with Crippen LogP contribution < -0.4 is 16.4 Å². The molecule has 1 aromatic heterocycles. The molecular formula is C22H31ClN6O2. The zero-order valence-corrected chi connectivity index (χ0v) is 18.7. The van der Waals surface area contributed by atoms with Crippen LogP contribution in [0.15, 0.2) is 24.4 Å². The number of carboxylic acid groups (broad SMARTS) is 1. The van der Waals surface area contributed by atoms with Crippen LogP contribution in [0.1, 0.15) is 43.7 Å². The number of nitrogens with two attached hydrogens (primary N) is 1. The van der Waals surface area contributed by atoms with Gasteiger partial charge in [0.1, 0.15) is 5.02 Å². The van der Waals surface area contributed by atoms with Gasteiger partial charge in [0.05, 0.1) is 6.20 Å². The summed E-state index contributed by atoms with van der Waals surface area (Å²) in [5, 5.41) is 14.6. The molecule has 2 aromatic rings. The van der Waals surface area contributed by atoms with Crippen molar-refractivity contribution >= 4 is 35.1 Å². The van der Waals surface area contributed by atoms with Crippen molar-refractivity contribution in [2.45, 2.75) is 51.5 Å². The molecule has 5 N–H and O–H groups in total. The number of amides is 1. The van der Waals surface area contributed by atoms with Crippen molar-refractivity contribution in [1.82, 2.24) is 14.9 Å². The van der Waals surface area contributed by atoms with E-state index in [-0.39, 0.29) is 0 Å². The highest BCUT2D eigenvalue weighted by molar-refractivity contribution is 6.32. The second-order valence-corrected chi connectivity index (χ2v) is 8.30. The largest absolute Gasteiger partial charge is 0.465 e. The van der Waals surface area contributed by atoms with E-state index in [1.165, 1.54) is 36.8 Å². The van der Waals surface area contributed by atoms with Crippen molar-refractivity contribution in [3.8, 4) is 0 Å². The van der Waals surface area contributed by atoms with Crippen LogP contribution in [0.4, 0.5) is 22.2 Å². The molecule has 2 heterocycles. The number of likely N-dealkylation sites (N-methyl/N-ethyl adjacent to an activating group) is 1. The first kappa shape index (κ1) is 23.1. The van der Waals surface area contributed by atoms with Gasteiger partial charge >= 0.3 is 6.09 Å². The van der Waals surface area contributed by atoms with Gasteiger partial charge < -0.3 is 26.4 Å². The molecule has 8 nitrogen and oxygen atoms in total. The van der Waals surface area contributed by atoms with Crippen LogP contribution in [0.3, 0.4) is 0 Å². The maximum absolute atomic E-state index is 8.78. The van der Waals surface area contributed by atoms with E-state index in [0.717, 1.165) is 44.0 Å². The van der Waals surface area contributed by atoms with E-state index in [9.17, 15) is 0 Å². The topological polar surface area (TPSA) is 116 Å². The summed E-state index contributed by atoms with van der Waals surface area (Å²) in [5.41, 5.74) is 7.94. The average molecular weight is 447 g/mol. The van der Waals surface area contributed by atoms with Crippen LogP contribution in [0.25, 0.3) is 0 Å². The lowest BCUT2D eigenvalue weighted by Gasteiger charge is -2.16. The molecule has 0 unspecified atom stereocenters. The fourth-order valence-corrected chi connectivity index (χ4v) is 4.23. The van der Waals surface area contributed by atoms with E-state index in [1.807, 2.05) is 0 Å². The number of rotatable bonds is 5. The smallest absolute Gasteiger partial charge is 0.402 e. The number of aromatic nitrogens is 2. The molecule has 1 saturated carbocycles. The Kier molecular flexibility index (Phi) is 8.31. The molecule has 1 aliphatic heterocycles. The third-order valence-corrected chi connectivity index (χ3v) is 6.02. The Morgan fingerprint density at radius 1 is 1.26 bits per heavy atom. The fraction of sp³-hybridized carbons (Fsp3) is 0.500. The Bertz CT molecular complexity index is 884. The van der Waals surface area contributed by atoms with Crippen LogP contribution >= 0.6 is 11.6 Å². The number of nitrogens with zero attached hydrogens (tertiary/aromatic N) is 3. The molecular weight excluding hydrogens is 416 g/mol. The van der Waals surface area contributed by atoms with Crippen LogP contribution in [-0.4, -0.2) is 51.7 Å². The summed E-state index contributed by atoms with van der Waals surface area (Å²) in [5.74, 6) is 1.32. The predicted octanol–water partition coefficient (Wildman–Crippen LogP) is 4.27. The van der Waals surface area contributed by atoms with Gasteiger partial charge in [0, 0.05) is 24.8 Å². The van der Waals surface area contributed by atoms with Gasteiger partial charge in [-0.3, -0.25) is 0 Å². The molecule has 1 amide bonds. The number of carbonyl (C=O) groups is 1. The molecule has 4 rings (SSSR count). The summed E-state index contributed by atoms with van der Waals surface area (Å²) >= 11 is 6.30. The Labute approximate surface area is 188 Å². The Balaban J connectivity index is 0.000000628. The van der Waals surface area contributed by atoms with E-state index in [4.69, 9.17) is 21.5 Å². The lowest BCUT2D eigenvalue weighted by molar-refractivity contribution is 0.205. The minimum Gasteiger partial charge on any atom is -0.465 e. The number of fused-ring (bicyclic) bond motifs is 1. The summed E-state index contributed by atoms with van der Waals surface area (Å²) in [6.45, 7) is 5.62. The molecule has 0 atom stereocenters. The molecule has 0 spiro atoms. The Morgan fingerprint density at radius 2 is 1.94 bits per heavy atom. The first-order chi connectivity index (χ1) is 14.9. The molecule has 168 valence electrons. The second-order valence-electron chi connectivity index (χ2n) is 7.90. The summed E-state index contributed by atoms with van der Waals surface area (Å²) in [6, 6.07) is 7.09. The number of primary amides is 1. The van der Waals surface area contributed by atoms with Crippen molar-refractivity contribution in [1.29, 1.82) is 0 Å². The number of anilines is 3. The van der Waals surface area contributed by atoms with Gasteiger partial charge in [-0.25, -0.2) is 9.78 Å². The third kappa shape index (κ3) is 6.97. The molecule has 1 fully saturated rings. The van der Waals surface area contributed by atoms with Gasteiger partial charge in [-0.05, 0) is 55.5 Å². The van der Waals surface area contributed by atoms with E-state index in [0.29, 0.717) is 17.0 Å². The van der Waals surface area contributed by atoms with Crippen LogP contribution in [0.5, 0.6) is 0 Å². The van der Waals surface area contributed by atoms with Crippen molar-refractivity contribution in [2.75, 3.05) is 30.3 Å². The lowest BCUT2D eigenvalue weighted by atomic mass is 10.0. The number of hydrogen-bond acceptors (Lipinski definition) is 6. The summed E-state index contributed by atoms with van der Waals surface area (Å²) in [4.78, 5) is 20.3. The van der Waals surface area contributed by atoms with E-state index in [1.54, 1.807) is 6.20 Å². The highest BCUT2D eigenvalue weighted by atomic mass is 35.5. The first-order valence-corrected chi connectivity index (χ1v) is 11.2. The van der Waals surface area contributed by atoms with Crippen molar-refractivity contribution < 1.29 is 9.90 Å². The minimum absolute atomic E-state index is 0.472. The summed E-state index contributed by atoms with van der Waals surface area (Å²) < 4.78 is 0. The number of hydrogen-bond donors (Lipinski definition) is 4. The molecule has 1 aliphatic carbocycles. The van der Waals surface area contributed by atoms with Crippen molar-refractivity contribution in [3.05, 3.63) is 40.5 Å². The van der Waals surface area contributed by atoms with E-state index < -0.39 is 6.09 Å². The lowest BCUT2D eigenvalue weighted by Crippen LogP contribution is -2.25. The fourth-order valence-electron chi connectivity index (χ4n) is 4.09. The quantitative estimate of drug-likeness (QED) is 0.541. The summed E-state index contributed by atoms with van der Waals surface area (Å²) in [7, 11) is 0. The average Bonchev–Trinajstić information content (AvgIpc) is 3.15. The molecule has 2 aliphatic rings. The zero-order valence-electron chi connectivity index (χ0n) is 17.9. The highest BCUT2D eigenvalue weighted by Gasteiger charge is 2.17. The molecule has 31 heavy (non-hydrogen) atoms. The normalized spacial score (nSPS) is 16.6. The van der Waals surface area contributed by atoms with Crippen LogP contribution in [-0.2, 0) is 12.8 Å². The maximum atomic E-state index is 8.78. The van der Waals surface area contributed by atoms with Gasteiger partial charge in [0.2, 0.25) is 5.95 Å². The van der Waals surface area contributed by atoms with Gasteiger partial charge in [-0.15, -0.1) is 0 Å². The number of halogens is 1. The van der Waals surface area contributed by atoms with Crippen molar-refractivity contribution in [2.24, 2.45) is 5.73 Å². The molecule has 0 saturated heterocycles. The van der Waals surface area contributed by atoms with Crippen LogP contribution in [0.2, 0.25) is 5.02 Å². The SMILES string of the molecule is CCN1CCc2ccc(Nc3ncc(Cl)c(NC4CCCC4)n3)cc2CC1.NC(=O)O. The zero-order chi connectivity index (χ0) is 22.2. The Hall–Kier alpha value is -2.58. The molecule has 0 radical (unpaired) electrons. The molecule has 9 heteroatoms. The van der Waals surface area contributed by atoms with Crippen LogP contribution in [0, 0.1) is 0 Å².